The number of amides is 1. The molecule has 0 aromatic carbocycles. The molecule has 0 radical (unpaired) electrons. The van der Waals surface area contributed by atoms with Crippen LogP contribution in [0.5, 0.6) is 0 Å². The van der Waals surface area contributed by atoms with Crippen LogP contribution in [-0.2, 0) is 0 Å². The van der Waals surface area contributed by atoms with Crippen LogP contribution in [0.1, 0.15) is 22.7 Å². The lowest BCUT2D eigenvalue weighted by Gasteiger charge is -2.23. The molecule has 1 aliphatic heterocycles. The molecule has 3 rings (SSSR count). The first kappa shape index (κ1) is 14.5. The Hall–Kier alpha value is -2.48. The lowest BCUT2D eigenvalue weighted by atomic mass is 10.0. The molecule has 116 valence electrons. The van der Waals surface area contributed by atoms with Crippen molar-refractivity contribution in [1.29, 1.82) is 0 Å². The van der Waals surface area contributed by atoms with E-state index in [4.69, 9.17) is 4.42 Å². The van der Waals surface area contributed by atoms with Gasteiger partial charge in [-0.1, -0.05) is 0 Å². The SMILES string of the molecule is Cc1ocnc1C(=O)NC[C@@]1(O)CCN(c2ncccn2)C1. The third-order valence-corrected chi connectivity index (χ3v) is 3.71. The van der Waals surface area contributed by atoms with E-state index in [1.807, 2.05) is 4.90 Å². The van der Waals surface area contributed by atoms with Gasteiger partial charge in [0.25, 0.3) is 5.91 Å². The van der Waals surface area contributed by atoms with Crippen molar-refractivity contribution in [2.24, 2.45) is 0 Å². The summed E-state index contributed by atoms with van der Waals surface area (Å²) in [4.78, 5) is 26.1. The number of hydrogen-bond acceptors (Lipinski definition) is 7. The average molecular weight is 303 g/mol. The van der Waals surface area contributed by atoms with Crippen molar-refractivity contribution in [2.45, 2.75) is 18.9 Å². The highest BCUT2D eigenvalue weighted by Crippen LogP contribution is 2.23. The van der Waals surface area contributed by atoms with E-state index in [1.54, 1.807) is 25.4 Å². The molecule has 2 N–H and O–H groups in total. The van der Waals surface area contributed by atoms with Crippen molar-refractivity contribution in [3.8, 4) is 0 Å². The summed E-state index contributed by atoms with van der Waals surface area (Å²) in [5, 5.41) is 13.3. The number of anilines is 1. The Bertz CT molecular complexity index is 660. The summed E-state index contributed by atoms with van der Waals surface area (Å²) in [5.74, 6) is 0.682. The monoisotopic (exact) mass is 303 g/mol. The predicted octanol–water partition coefficient (Wildman–Crippen LogP) is 0.144. The average Bonchev–Trinajstić information content (AvgIpc) is 3.13. The second kappa shape index (κ2) is 5.72. The zero-order valence-corrected chi connectivity index (χ0v) is 12.2. The van der Waals surface area contributed by atoms with Crippen molar-refractivity contribution >= 4 is 11.9 Å². The number of aromatic nitrogens is 3. The summed E-state index contributed by atoms with van der Waals surface area (Å²) in [6.45, 7) is 2.82. The van der Waals surface area contributed by atoms with Gasteiger partial charge in [-0.2, -0.15) is 0 Å². The first-order valence-corrected chi connectivity index (χ1v) is 7.00. The van der Waals surface area contributed by atoms with E-state index in [-0.39, 0.29) is 18.1 Å². The van der Waals surface area contributed by atoms with Crippen molar-refractivity contribution in [3.05, 3.63) is 36.3 Å². The summed E-state index contributed by atoms with van der Waals surface area (Å²) >= 11 is 0. The van der Waals surface area contributed by atoms with Gasteiger partial charge in [0.2, 0.25) is 5.95 Å². The van der Waals surface area contributed by atoms with Crippen molar-refractivity contribution in [3.63, 3.8) is 0 Å². The largest absolute Gasteiger partial charge is 0.448 e. The second-order valence-corrected chi connectivity index (χ2v) is 5.38. The van der Waals surface area contributed by atoms with Crippen molar-refractivity contribution in [2.75, 3.05) is 24.5 Å². The van der Waals surface area contributed by atoms with Gasteiger partial charge in [-0.3, -0.25) is 4.79 Å². The van der Waals surface area contributed by atoms with Gasteiger partial charge in [-0.15, -0.1) is 0 Å². The molecule has 1 amide bonds. The molecule has 1 aliphatic rings. The van der Waals surface area contributed by atoms with Crippen molar-refractivity contribution in [1.82, 2.24) is 20.3 Å². The number of carbonyl (C=O) groups is 1. The van der Waals surface area contributed by atoms with Gasteiger partial charge in [0, 0.05) is 25.5 Å². The molecule has 3 heterocycles. The second-order valence-electron chi connectivity index (χ2n) is 5.38. The molecule has 0 bridgehead atoms. The van der Waals surface area contributed by atoms with E-state index in [0.29, 0.717) is 31.2 Å². The van der Waals surface area contributed by atoms with Gasteiger partial charge in [0.15, 0.2) is 12.1 Å². The summed E-state index contributed by atoms with van der Waals surface area (Å²) in [6, 6.07) is 1.74. The van der Waals surface area contributed by atoms with Crippen LogP contribution in [0.4, 0.5) is 5.95 Å². The number of rotatable bonds is 4. The quantitative estimate of drug-likeness (QED) is 0.828. The van der Waals surface area contributed by atoms with Crippen LogP contribution in [0.3, 0.4) is 0 Å². The Balaban J connectivity index is 1.59. The van der Waals surface area contributed by atoms with Crippen LogP contribution in [0.25, 0.3) is 0 Å². The van der Waals surface area contributed by atoms with Gasteiger partial charge < -0.3 is 19.7 Å². The Labute approximate surface area is 127 Å². The number of oxazole rings is 1. The standard InChI is InChI=1S/C14H17N5O3/c1-10-11(18-9-22-10)12(20)17-7-14(21)3-6-19(8-14)13-15-4-2-5-16-13/h2,4-5,9,21H,3,6-8H2,1H3,(H,17,20)/t14-/m0/s1. The smallest absolute Gasteiger partial charge is 0.273 e. The van der Waals surface area contributed by atoms with Gasteiger partial charge in [-0.25, -0.2) is 15.0 Å². The first-order chi connectivity index (χ1) is 10.6. The Kier molecular flexibility index (Phi) is 3.76. The van der Waals surface area contributed by atoms with E-state index in [9.17, 15) is 9.90 Å². The normalized spacial score (nSPS) is 21.1. The third-order valence-electron chi connectivity index (χ3n) is 3.71. The van der Waals surface area contributed by atoms with Gasteiger partial charge in [0.05, 0.1) is 6.54 Å². The number of nitrogens with zero attached hydrogens (tertiary/aromatic N) is 4. The molecule has 0 aliphatic carbocycles. The fourth-order valence-electron chi connectivity index (χ4n) is 2.48. The fraction of sp³-hybridized carbons (Fsp3) is 0.429. The summed E-state index contributed by atoms with van der Waals surface area (Å²) in [6.07, 6.45) is 5.08. The van der Waals surface area contributed by atoms with Gasteiger partial charge in [0.1, 0.15) is 11.4 Å². The molecule has 8 nitrogen and oxygen atoms in total. The topological polar surface area (TPSA) is 104 Å². The van der Waals surface area contributed by atoms with E-state index >= 15 is 0 Å². The highest BCUT2D eigenvalue weighted by Gasteiger charge is 2.37. The fourth-order valence-corrected chi connectivity index (χ4v) is 2.48. The maximum absolute atomic E-state index is 12.0. The zero-order valence-electron chi connectivity index (χ0n) is 12.2. The molecule has 8 heteroatoms. The minimum Gasteiger partial charge on any atom is -0.448 e. The molecule has 1 fully saturated rings. The van der Waals surface area contributed by atoms with Gasteiger partial charge in [-0.05, 0) is 19.4 Å². The molecule has 1 saturated heterocycles. The van der Waals surface area contributed by atoms with Crippen LogP contribution < -0.4 is 10.2 Å². The molecule has 0 saturated carbocycles. The van der Waals surface area contributed by atoms with Crippen LogP contribution in [-0.4, -0.2) is 51.2 Å². The molecule has 2 aromatic rings. The Morgan fingerprint density at radius 2 is 2.23 bits per heavy atom. The molecule has 1 atom stereocenters. The van der Waals surface area contributed by atoms with E-state index < -0.39 is 5.60 Å². The number of carbonyl (C=O) groups excluding carboxylic acids is 1. The van der Waals surface area contributed by atoms with Crippen LogP contribution in [0, 0.1) is 6.92 Å². The Morgan fingerprint density at radius 1 is 1.45 bits per heavy atom. The molecule has 22 heavy (non-hydrogen) atoms. The summed E-state index contributed by atoms with van der Waals surface area (Å²) < 4.78 is 5.00. The Morgan fingerprint density at radius 3 is 2.91 bits per heavy atom. The maximum atomic E-state index is 12.0. The molecule has 0 spiro atoms. The van der Waals surface area contributed by atoms with Gasteiger partial charge >= 0.3 is 0 Å². The van der Waals surface area contributed by atoms with E-state index in [0.717, 1.165) is 0 Å². The lowest BCUT2D eigenvalue weighted by molar-refractivity contribution is 0.0573. The van der Waals surface area contributed by atoms with E-state index in [2.05, 4.69) is 20.3 Å². The maximum Gasteiger partial charge on any atom is 0.273 e. The number of nitrogens with one attached hydrogen (secondary N) is 1. The highest BCUT2D eigenvalue weighted by molar-refractivity contribution is 5.93. The zero-order chi connectivity index (χ0) is 15.6. The number of β-amino-alcohol motifs (C(OH)–C–C–N with tert-alkyl or cyclic N) is 1. The molecule has 2 aromatic heterocycles. The predicted molar refractivity (Wildman–Crippen MR) is 77.4 cm³/mol. The number of aliphatic hydroxyl groups is 1. The lowest BCUT2D eigenvalue weighted by Crippen LogP contribution is -2.45. The van der Waals surface area contributed by atoms with Crippen LogP contribution in [0.2, 0.25) is 0 Å². The minimum atomic E-state index is -1.01. The van der Waals surface area contributed by atoms with Crippen LogP contribution in [0.15, 0.2) is 29.3 Å². The number of aryl methyl sites for hydroxylation is 1. The highest BCUT2D eigenvalue weighted by atomic mass is 16.3. The van der Waals surface area contributed by atoms with Crippen LogP contribution >= 0.6 is 0 Å². The van der Waals surface area contributed by atoms with E-state index in [1.165, 1.54) is 6.39 Å². The molecule has 0 unspecified atom stereocenters. The summed E-state index contributed by atoms with van der Waals surface area (Å²) in [5.41, 5.74) is -0.767. The summed E-state index contributed by atoms with van der Waals surface area (Å²) in [7, 11) is 0. The first-order valence-electron chi connectivity index (χ1n) is 7.00. The molecular weight excluding hydrogens is 286 g/mol. The number of hydrogen-bond donors (Lipinski definition) is 2. The third kappa shape index (κ3) is 2.91. The molecular formula is C14H17N5O3. The minimum absolute atomic E-state index is 0.140. The van der Waals surface area contributed by atoms with Crippen molar-refractivity contribution < 1.29 is 14.3 Å².